The summed E-state index contributed by atoms with van der Waals surface area (Å²) in [5, 5.41) is 2.93. The summed E-state index contributed by atoms with van der Waals surface area (Å²) in [7, 11) is 1.99. The van der Waals surface area contributed by atoms with Crippen molar-refractivity contribution in [2.24, 2.45) is 0 Å². The second-order valence-corrected chi connectivity index (χ2v) is 4.29. The molecule has 0 N–H and O–H groups in total. The number of hydrogen-bond donors (Lipinski definition) is 0. The number of nitrogens with zero attached hydrogens (tertiary/aromatic N) is 2. The van der Waals surface area contributed by atoms with Crippen molar-refractivity contribution in [3.63, 3.8) is 0 Å². The molecule has 0 amide bonds. The largest absolute Gasteiger partial charge is 0.467 e. The number of aromatic nitrogens is 1. The number of alkyl halides is 1. The van der Waals surface area contributed by atoms with Gasteiger partial charge < -0.3 is 9.32 Å². The minimum absolute atomic E-state index is 0.463. The first-order valence-corrected chi connectivity index (χ1v) is 5.95. The third-order valence-corrected chi connectivity index (χ3v) is 3.25. The van der Waals surface area contributed by atoms with E-state index in [0.29, 0.717) is 5.88 Å². The van der Waals surface area contributed by atoms with Gasteiger partial charge in [0, 0.05) is 12.4 Å². The van der Waals surface area contributed by atoms with Gasteiger partial charge in [0.1, 0.15) is 5.76 Å². The monoisotopic (exact) mass is 242 g/mol. The first-order valence-electron chi connectivity index (χ1n) is 4.53. The van der Waals surface area contributed by atoms with E-state index in [-0.39, 0.29) is 0 Å². The Balaban J connectivity index is 2.04. The molecule has 0 bridgehead atoms. The topological polar surface area (TPSA) is 29.3 Å². The summed E-state index contributed by atoms with van der Waals surface area (Å²) < 4.78 is 5.27. The van der Waals surface area contributed by atoms with Crippen LogP contribution < -0.4 is 4.90 Å². The normalized spacial score (nSPS) is 10.5. The van der Waals surface area contributed by atoms with Crippen molar-refractivity contribution in [2.75, 3.05) is 11.9 Å². The van der Waals surface area contributed by atoms with Gasteiger partial charge in [-0.05, 0) is 12.1 Å². The minimum Gasteiger partial charge on any atom is -0.467 e. The van der Waals surface area contributed by atoms with Gasteiger partial charge in [0.05, 0.1) is 24.4 Å². The molecule has 0 aliphatic heterocycles. The van der Waals surface area contributed by atoms with Crippen LogP contribution in [0.2, 0.25) is 0 Å². The van der Waals surface area contributed by atoms with Crippen LogP contribution >= 0.6 is 22.9 Å². The molecule has 0 aromatic carbocycles. The van der Waals surface area contributed by atoms with Gasteiger partial charge in [-0.15, -0.1) is 22.9 Å². The number of halogens is 1. The number of anilines is 1. The zero-order valence-corrected chi connectivity index (χ0v) is 9.88. The first kappa shape index (κ1) is 10.5. The van der Waals surface area contributed by atoms with Gasteiger partial charge >= 0.3 is 0 Å². The molecule has 0 atom stereocenters. The summed E-state index contributed by atoms with van der Waals surface area (Å²) in [6.45, 7) is 0.724. The van der Waals surface area contributed by atoms with Crippen LogP contribution in [0.5, 0.6) is 0 Å². The van der Waals surface area contributed by atoms with Crippen LogP contribution in [0.1, 0.15) is 11.5 Å². The molecule has 2 heterocycles. The van der Waals surface area contributed by atoms with Gasteiger partial charge in [-0.25, -0.2) is 4.98 Å². The minimum atomic E-state index is 0.463. The summed E-state index contributed by atoms with van der Waals surface area (Å²) in [5.74, 6) is 1.39. The highest BCUT2D eigenvalue weighted by atomic mass is 35.5. The van der Waals surface area contributed by atoms with E-state index in [0.717, 1.165) is 23.1 Å². The molecule has 3 nitrogen and oxygen atoms in total. The fraction of sp³-hybridized carbons (Fsp3) is 0.300. The SMILES string of the molecule is CN(Cc1ccco1)c1nc(CCl)cs1. The van der Waals surface area contributed by atoms with Crippen LogP contribution in [-0.2, 0) is 12.4 Å². The fourth-order valence-corrected chi connectivity index (χ4v) is 2.26. The van der Waals surface area contributed by atoms with Crippen molar-refractivity contribution in [1.29, 1.82) is 0 Å². The number of rotatable bonds is 4. The van der Waals surface area contributed by atoms with E-state index in [1.54, 1.807) is 17.6 Å². The van der Waals surface area contributed by atoms with Crippen molar-refractivity contribution in [1.82, 2.24) is 4.98 Å². The van der Waals surface area contributed by atoms with Gasteiger partial charge in [-0.3, -0.25) is 0 Å². The average Bonchev–Trinajstić information content (AvgIpc) is 2.86. The molecule has 2 rings (SSSR count). The van der Waals surface area contributed by atoms with E-state index < -0.39 is 0 Å². The lowest BCUT2D eigenvalue weighted by molar-refractivity contribution is 0.507. The Morgan fingerprint density at radius 1 is 1.60 bits per heavy atom. The molecule has 0 saturated heterocycles. The van der Waals surface area contributed by atoms with E-state index in [1.807, 2.05) is 29.5 Å². The van der Waals surface area contributed by atoms with Crippen LogP contribution in [0, 0.1) is 0 Å². The molecule has 0 unspecified atom stereocenters. The summed E-state index contributed by atoms with van der Waals surface area (Å²) in [5.41, 5.74) is 0.919. The van der Waals surface area contributed by atoms with E-state index in [4.69, 9.17) is 16.0 Å². The Bertz CT molecular complexity index is 413. The number of thiazole rings is 1. The molecule has 0 aliphatic rings. The third kappa shape index (κ3) is 2.52. The zero-order valence-electron chi connectivity index (χ0n) is 8.31. The number of furan rings is 1. The van der Waals surface area contributed by atoms with Crippen LogP contribution in [-0.4, -0.2) is 12.0 Å². The van der Waals surface area contributed by atoms with Crippen molar-refractivity contribution < 1.29 is 4.42 Å². The van der Waals surface area contributed by atoms with Gasteiger partial charge in [-0.1, -0.05) is 0 Å². The quantitative estimate of drug-likeness (QED) is 0.772. The van der Waals surface area contributed by atoms with E-state index in [9.17, 15) is 0 Å². The highest BCUT2D eigenvalue weighted by Crippen LogP contribution is 2.21. The van der Waals surface area contributed by atoms with Crippen LogP contribution in [0.25, 0.3) is 0 Å². The Labute approximate surface area is 97.3 Å². The van der Waals surface area contributed by atoms with Gasteiger partial charge in [0.25, 0.3) is 0 Å². The summed E-state index contributed by atoms with van der Waals surface area (Å²) in [6, 6.07) is 3.84. The maximum absolute atomic E-state index is 5.69. The lowest BCUT2D eigenvalue weighted by atomic mass is 10.4. The molecule has 2 aromatic rings. The van der Waals surface area contributed by atoms with Crippen LogP contribution in [0.15, 0.2) is 28.2 Å². The van der Waals surface area contributed by atoms with Gasteiger partial charge in [0.15, 0.2) is 5.13 Å². The highest BCUT2D eigenvalue weighted by molar-refractivity contribution is 7.13. The molecular weight excluding hydrogens is 232 g/mol. The summed E-state index contributed by atoms with van der Waals surface area (Å²) in [4.78, 5) is 6.42. The molecule has 0 aliphatic carbocycles. The van der Waals surface area contributed by atoms with Gasteiger partial charge in [-0.2, -0.15) is 0 Å². The third-order valence-electron chi connectivity index (χ3n) is 1.98. The molecule has 0 radical (unpaired) electrons. The molecule has 5 heteroatoms. The van der Waals surface area contributed by atoms with Crippen LogP contribution in [0.3, 0.4) is 0 Å². The Morgan fingerprint density at radius 2 is 2.47 bits per heavy atom. The number of hydrogen-bond acceptors (Lipinski definition) is 4. The predicted octanol–water partition coefficient (Wildman–Crippen LogP) is 3.11. The van der Waals surface area contributed by atoms with Crippen molar-refractivity contribution in [2.45, 2.75) is 12.4 Å². The molecule has 0 saturated carbocycles. The molecule has 15 heavy (non-hydrogen) atoms. The molecular formula is C10H11ClN2OS. The highest BCUT2D eigenvalue weighted by Gasteiger charge is 2.08. The first-order chi connectivity index (χ1) is 7.29. The van der Waals surface area contributed by atoms with Gasteiger partial charge in [0.2, 0.25) is 0 Å². The Hall–Kier alpha value is -1.00. The Kier molecular flexibility index (Phi) is 3.28. The van der Waals surface area contributed by atoms with E-state index >= 15 is 0 Å². The molecule has 0 spiro atoms. The fourth-order valence-electron chi connectivity index (χ4n) is 1.24. The maximum atomic E-state index is 5.69. The smallest absolute Gasteiger partial charge is 0.185 e. The van der Waals surface area contributed by atoms with E-state index in [1.165, 1.54) is 0 Å². The lowest BCUT2D eigenvalue weighted by Gasteiger charge is -2.13. The summed E-state index contributed by atoms with van der Waals surface area (Å²) >= 11 is 7.29. The predicted molar refractivity (Wildman–Crippen MR) is 62.5 cm³/mol. The van der Waals surface area contributed by atoms with Crippen molar-refractivity contribution in [3.8, 4) is 0 Å². The average molecular weight is 243 g/mol. The molecule has 2 aromatic heterocycles. The second-order valence-electron chi connectivity index (χ2n) is 3.19. The molecule has 0 fully saturated rings. The second kappa shape index (κ2) is 4.68. The maximum Gasteiger partial charge on any atom is 0.185 e. The lowest BCUT2D eigenvalue weighted by Crippen LogP contribution is -2.15. The molecule has 80 valence electrons. The van der Waals surface area contributed by atoms with Crippen molar-refractivity contribution in [3.05, 3.63) is 35.2 Å². The van der Waals surface area contributed by atoms with Crippen LogP contribution in [0.4, 0.5) is 5.13 Å². The van der Waals surface area contributed by atoms with Crippen molar-refractivity contribution >= 4 is 28.1 Å². The summed E-state index contributed by atoms with van der Waals surface area (Å²) in [6.07, 6.45) is 1.68. The van der Waals surface area contributed by atoms with E-state index in [2.05, 4.69) is 4.98 Å². The zero-order chi connectivity index (χ0) is 10.7. The standard InChI is InChI=1S/C10H11ClN2OS/c1-13(6-9-3-2-4-14-9)10-12-8(5-11)7-15-10/h2-4,7H,5-6H2,1H3. The Morgan fingerprint density at radius 3 is 3.07 bits per heavy atom.